The molecule has 4 aliphatic rings. The van der Waals surface area contributed by atoms with Gasteiger partial charge in [0.1, 0.15) is 66.8 Å². The van der Waals surface area contributed by atoms with Gasteiger partial charge in [-0.05, 0) is 84.3 Å². The second kappa shape index (κ2) is 36.5. The molecule has 10 N–H and O–H groups in total. The number of carboxylic acid groups (broad SMARTS) is 1. The molecule has 6 heterocycles. The van der Waals surface area contributed by atoms with Gasteiger partial charge in [-0.15, -0.1) is 23.2 Å². The van der Waals surface area contributed by atoms with Crippen LogP contribution < -0.4 is 52.8 Å². The van der Waals surface area contributed by atoms with Crippen molar-refractivity contribution < 1.29 is 52.8 Å². The standard InChI is InChI=1S/C27H37N5O6.C26H34N8O5.C4H9N3.CH2Cl2/c1-18-22(29-17-30-23(18)32-13-11-20(12-14-32)24(33)36-5)28-15-21(25(34)38-27(2,3)4)31-26(35)37-16-19-9-7-6-8-10-19;1-17-21(29-14-20(24(36)37)32-26(38)39-15-18-6-3-2-4-7-18)30-16-31-22(17)34-12-8-19(9-13-34)23(35)33-25-27-10-5-11-28-25;5-4-6-2-1-3-7-4;2-1-3/h6-10,17,20-21H,11-16H2,1-5H3,(H,31,35)(H,28,29,30);2-4,6-7,16,19-20H,5,8-15H2,1H3,(H,32,38)(H,36,37)(H,29,30,31)(H2,27,28,33,35);1-3H2,(H3,5,6,7);1H2. The molecule has 4 aromatic rings. The van der Waals surface area contributed by atoms with Crippen LogP contribution in [0.2, 0.25) is 0 Å². The minimum atomic E-state index is -1.23. The van der Waals surface area contributed by atoms with Crippen molar-refractivity contribution in [3.8, 4) is 0 Å². The first-order valence-electron chi connectivity index (χ1n) is 28.6. The van der Waals surface area contributed by atoms with Crippen LogP contribution in [0.1, 0.15) is 81.5 Å². The van der Waals surface area contributed by atoms with Gasteiger partial charge in [0.25, 0.3) is 0 Å². The van der Waals surface area contributed by atoms with E-state index in [1.54, 1.807) is 32.9 Å². The van der Waals surface area contributed by atoms with Crippen molar-refractivity contribution in [3.05, 3.63) is 95.6 Å². The van der Waals surface area contributed by atoms with Gasteiger partial charge in [0.15, 0.2) is 11.9 Å². The van der Waals surface area contributed by atoms with Crippen LogP contribution in [0, 0.1) is 25.7 Å². The molecule has 4 aliphatic heterocycles. The predicted octanol–water partition coefficient (Wildman–Crippen LogP) is 5.20. The average Bonchev–Trinajstić information content (AvgIpc) is 3.20. The lowest BCUT2D eigenvalue weighted by molar-refractivity contribution is -0.157. The first kappa shape index (κ1) is 69.3. The molecular formula is C58H82Cl2N16O11. The second-order valence-electron chi connectivity index (χ2n) is 21.2. The number of esters is 2. The van der Waals surface area contributed by atoms with Crippen LogP contribution in [-0.2, 0) is 51.3 Å². The van der Waals surface area contributed by atoms with Gasteiger partial charge >= 0.3 is 30.1 Å². The number of piperidine rings is 2. The highest BCUT2D eigenvalue weighted by molar-refractivity contribution is 6.40. The summed E-state index contributed by atoms with van der Waals surface area (Å²) in [4.78, 5) is 104. The number of nitrogens with zero attached hydrogens (tertiary/aromatic N) is 8. The number of nitrogens with one attached hydrogen (secondary N) is 7. The number of aliphatic imine (C=N–C) groups is 2. The minimum Gasteiger partial charge on any atom is -0.480 e. The Morgan fingerprint density at radius 2 is 1.15 bits per heavy atom. The summed E-state index contributed by atoms with van der Waals surface area (Å²) < 4.78 is 20.8. The maximum absolute atomic E-state index is 12.9. The van der Waals surface area contributed by atoms with E-state index in [0.29, 0.717) is 87.8 Å². The first-order valence-corrected chi connectivity index (χ1v) is 29.7. The molecule has 0 bridgehead atoms. The molecule has 2 aromatic carbocycles. The minimum absolute atomic E-state index is 0.0249. The van der Waals surface area contributed by atoms with Crippen molar-refractivity contribution >= 4 is 94.4 Å². The van der Waals surface area contributed by atoms with Crippen LogP contribution in [0.4, 0.5) is 32.9 Å². The number of ether oxygens (including phenoxy) is 4. The number of amides is 3. The molecule has 0 saturated carbocycles. The lowest BCUT2D eigenvalue weighted by Crippen LogP contribution is -2.48. The number of alkyl carbamates (subject to hydrolysis) is 2. The largest absolute Gasteiger partial charge is 0.480 e. The predicted molar refractivity (Wildman–Crippen MR) is 332 cm³/mol. The number of hydrogen-bond donors (Lipinski definition) is 9. The van der Waals surface area contributed by atoms with Crippen molar-refractivity contribution in [2.24, 2.45) is 27.6 Å². The Balaban J connectivity index is 0.000000273. The van der Waals surface area contributed by atoms with E-state index in [-0.39, 0.29) is 55.4 Å². The number of alkyl halides is 2. The zero-order valence-corrected chi connectivity index (χ0v) is 51.6. The summed E-state index contributed by atoms with van der Waals surface area (Å²) in [5, 5.41) is 29.8. The van der Waals surface area contributed by atoms with Crippen LogP contribution in [-0.4, -0.2) is 169 Å². The molecule has 2 fully saturated rings. The summed E-state index contributed by atoms with van der Waals surface area (Å²) >= 11 is 9.53. The fourth-order valence-corrected chi connectivity index (χ4v) is 9.09. The molecule has 2 aromatic heterocycles. The Bertz CT molecular complexity index is 2890. The summed E-state index contributed by atoms with van der Waals surface area (Å²) in [6.07, 6.45) is 6.05. The van der Waals surface area contributed by atoms with Gasteiger partial charge in [-0.3, -0.25) is 24.9 Å². The number of carbonyl (C=O) groups is 6. The smallest absolute Gasteiger partial charge is 0.408 e. The average molecular weight is 1250 g/mol. The molecule has 8 rings (SSSR count). The third kappa shape index (κ3) is 24.4. The Hall–Kier alpha value is -8.46. The molecule has 29 heteroatoms. The zero-order valence-electron chi connectivity index (χ0n) is 50.1. The van der Waals surface area contributed by atoms with Crippen molar-refractivity contribution in [1.29, 1.82) is 0 Å². The van der Waals surface area contributed by atoms with Gasteiger partial charge in [-0.1, -0.05) is 60.7 Å². The summed E-state index contributed by atoms with van der Waals surface area (Å²) in [5.41, 5.74) is 7.70. The third-order valence-corrected chi connectivity index (χ3v) is 13.6. The molecule has 2 unspecified atom stereocenters. The molecule has 0 spiro atoms. The number of rotatable bonds is 18. The van der Waals surface area contributed by atoms with Crippen LogP contribution in [0.3, 0.4) is 0 Å². The molecule has 3 amide bonds. The number of aromatic nitrogens is 4. The Morgan fingerprint density at radius 3 is 1.56 bits per heavy atom. The molecule has 474 valence electrons. The lowest BCUT2D eigenvalue weighted by atomic mass is 9.95. The van der Waals surface area contributed by atoms with E-state index in [2.05, 4.69) is 76.9 Å². The first-order chi connectivity index (χ1) is 41.8. The highest BCUT2D eigenvalue weighted by Gasteiger charge is 2.31. The molecule has 2 saturated heterocycles. The summed E-state index contributed by atoms with van der Waals surface area (Å²) in [6, 6.07) is 16.1. The topological polar surface area (TPSA) is 353 Å². The Labute approximate surface area is 517 Å². The van der Waals surface area contributed by atoms with Gasteiger partial charge in [0, 0.05) is 82.5 Å². The monoisotopic (exact) mass is 1250 g/mol. The van der Waals surface area contributed by atoms with Gasteiger partial charge < -0.3 is 71.5 Å². The highest BCUT2D eigenvalue weighted by Crippen LogP contribution is 2.29. The number of guanidine groups is 2. The van der Waals surface area contributed by atoms with Gasteiger partial charge in [-0.25, -0.2) is 39.1 Å². The molecule has 87 heavy (non-hydrogen) atoms. The lowest BCUT2D eigenvalue weighted by Gasteiger charge is -2.33. The normalized spacial score (nSPS) is 15.6. The van der Waals surface area contributed by atoms with E-state index in [1.165, 1.54) is 19.8 Å². The Kier molecular flexibility index (Phi) is 29.1. The van der Waals surface area contributed by atoms with Crippen molar-refractivity contribution in [2.75, 3.05) is 98.3 Å². The number of nitrogens with two attached hydrogens (primary N) is 1. The maximum Gasteiger partial charge on any atom is 0.408 e. The summed E-state index contributed by atoms with van der Waals surface area (Å²) in [7, 11) is 1.41. The number of anilines is 4. The zero-order chi connectivity index (χ0) is 63.1. The second-order valence-corrected chi connectivity index (χ2v) is 22.0. The van der Waals surface area contributed by atoms with E-state index >= 15 is 0 Å². The number of methoxy groups -OCH3 is 1. The van der Waals surface area contributed by atoms with Crippen LogP contribution in [0.5, 0.6) is 0 Å². The fourth-order valence-electron chi connectivity index (χ4n) is 9.09. The van der Waals surface area contributed by atoms with Crippen molar-refractivity contribution in [2.45, 2.75) is 104 Å². The number of carbonyl (C=O) groups excluding carboxylic acids is 5. The number of benzene rings is 2. The third-order valence-electron chi connectivity index (χ3n) is 13.6. The fraction of sp³-hybridized carbons (Fsp3) is 0.517. The molecule has 27 nitrogen and oxygen atoms in total. The van der Waals surface area contributed by atoms with E-state index < -0.39 is 41.8 Å². The number of aliphatic carboxylic acids is 1. The molecule has 2 atom stereocenters. The van der Waals surface area contributed by atoms with Crippen LogP contribution in [0.15, 0.2) is 83.3 Å². The summed E-state index contributed by atoms with van der Waals surface area (Å²) in [6.45, 7) is 15.0. The summed E-state index contributed by atoms with van der Waals surface area (Å²) in [5.74, 6) is 1.34. The van der Waals surface area contributed by atoms with E-state index in [4.69, 9.17) is 47.9 Å². The van der Waals surface area contributed by atoms with Crippen LogP contribution >= 0.6 is 23.2 Å². The van der Waals surface area contributed by atoms with E-state index in [0.717, 1.165) is 60.5 Å². The maximum atomic E-state index is 12.9. The number of carboxylic acids is 1. The van der Waals surface area contributed by atoms with Gasteiger partial charge in [0.05, 0.1) is 18.4 Å². The number of hydrogen-bond acceptors (Lipinski definition) is 23. The SMILES string of the molecule is COC(=O)C1CCN(c2ncnc(NCC(NC(=O)OCc3ccccc3)C(=O)OC(C)(C)C)c2C)CC1.Cc1c(NCC(NC(=O)OCc2ccccc2)C(=O)O)ncnc1N1CCC(C(=O)NC2=NCCCN2)CC1.ClCCl.NC1=NCCCN1. The van der Waals surface area contributed by atoms with Crippen molar-refractivity contribution in [1.82, 2.24) is 46.5 Å². The van der Waals surface area contributed by atoms with E-state index in [1.807, 2.05) is 62.4 Å². The quantitative estimate of drug-likeness (QED) is 0.0351. The van der Waals surface area contributed by atoms with Crippen molar-refractivity contribution in [3.63, 3.8) is 0 Å². The number of halogens is 2. The molecular weight excluding hydrogens is 1170 g/mol. The molecule has 0 radical (unpaired) electrons. The van der Waals surface area contributed by atoms with Gasteiger partial charge in [0.2, 0.25) is 5.91 Å². The molecule has 0 aliphatic carbocycles. The van der Waals surface area contributed by atoms with E-state index in [9.17, 15) is 33.9 Å². The Morgan fingerprint density at radius 1 is 0.690 bits per heavy atom. The van der Waals surface area contributed by atoms with Crippen LogP contribution in [0.25, 0.3) is 0 Å². The highest BCUT2D eigenvalue weighted by atomic mass is 35.5. The van der Waals surface area contributed by atoms with Gasteiger partial charge in [-0.2, -0.15) is 0 Å².